The van der Waals surface area contributed by atoms with E-state index in [4.69, 9.17) is 14.5 Å². The third kappa shape index (κ3) is 9.40. The van der Waals surface area contributed by atoms with Crippen molar-refractivity contribution in [2.75, 3.05) is 6.54 Å². The van der Waals surface area contributed by atoms with Gasteiger partial charge in [-0.3, -0.25) is 28.5 Å². The number of aromatic nitrogens is 3. The van der Waals surface area contributed by atoms with Crippen LogP contribution in [0.25, 0.3) is 21.6 Å². The molecule has 61 heavy (non-hydrogen) atoms. The highest BCUT2D eigenvalue weighted by molar-refractivity contribution is 7.91. The highest BCUT2D eigenvalue weighted by atomic mass is 32.2. The molecule has 332 valence electrons. The van der Waals surface area contributed by atoms with Crippen LogP contribution in [0.5, 0.6) is 6.01 Å². The van der Waals surface area contributed by atoms with E-state index in [1.165, 1.54) is 4.90 Å². The number of para-hydroxylation sites is 1. The predicted octanol–water partition coefficient (Wildman–Crippen LogP) is 7.94. The number of esters is 1. The number of carbonyl (C=O) groups is 4. The second kappa shape index (κ2) is 16.4. The molecule has 0 bridgehead atoms. The molecule has 3 aromatic rings. The lowest BCUT2D eigenvalue weighted by Gasteiger charge is -2.29. The number of nitrogens with zero attached hydrogens (tertiary/aromatic N) is 4. The number of fused-ring (bicyclic) bond motifs is 3. The maximum atomic E-state index is 14.7. The van der Waals surface area contributed by atoms with Crippen molar-refractivity contribution in [2.45, 2.75) is 147 Å². The zero-order valence-corrected chi connectivity index (χ0v) is 37.0. The minimum absolute atomic E-state index is 0.00782. The molecule has 2 amide bonds. The van der Waals surface area contributed by atoms with Crippen LogP contribution in [-0.4, -0.2) is 80.5 Å². The summed E-state index contributed by atoms with van der Waals surface area (Å²) in [6, 6.07) is 3.93. The van der Waals surface area contributed by atoms with Crippen LogP contribution in [-0.2, 0) is 40.1 Å². The lowest BCUT2D eigenvalue weighted by Crippen LogP contribution is -2.47. The Balaban J connectivity index is 1.23. The van der Waals surface area contributed by atoms with Crippen molar-refractivity contribution >= 4 is 56.0 Å². The minimum Gasteiger partial charge on any atom is -0.460 e. The van der Waals surface area contributed by atoms with Crippen molar-refractivity contribution in [2.24, 2.45) is 17.3 Å². The number of amides is 2. The van der Waals surface area contributed by atoms with E-state index >= 15 is 0 Å². The van der Waals surface area contributed by atoms with Crippen molar-refractivity contribution in [3.63, 3.8) is 0 Å². The van der Waals surface area contributed by atoms with Gasteiger partial charge in [0, 0.05) is 35.7 Å². The van der Waals surface area contributed by atoms with Gasteiger partial charge in [-0.25, -0.2) is 13.4 Å². The summed E-state index contributed by atoms with van der Waals surface area (Å²) in [7, 11) is -4.01. The molecule has 4 aliphatic rings. The van der Waals surface area contributed by atoms with E-state index in [0.717, 1.165) is 29.6 Å². The summed E-state index contributed by atoms with van der Waals surface area (Å²) < 4.78 is 82.4. The van der Waals surface area contributed by atoms with Gasteiger partial charge in [-0.1, -0.05) is 31.1 Å². The molecule has 1 saturated heterocycles. The van der Waals surface area contributed by atoms with E-state index in [0.29, 0.717) is 48.7 Å². The molecule has 1 N–H and O–H groups in total. The van der Waals surface area contributed by atoms with Crippen LogP contribution in [0.3, 0.4) is 0 Å². The number of hydrogen-bond acceptors (Lipinski definition) is 11. The maximum absolute atomic E-state index is 14.7. The van der Waals surface area contributed by atoms with Crippen LogP contribution < -0.4 is 9.46 Å². The zero-order chi connectivity index (χ0) is 44.3. The molecule has 1 aromatic carbocycles. The highest BCUT2D eigenvalue weighted by Crippen LogP contribution is 2.58. The van der Waals surface area contributed by atoms with E-state index in [-0.39, 0.29) is 55.2 Å². The van der Waals surface area contributed by atoms with Gasteiger partial charge in [0.05, 0.1) is 34.7 Å². The Morgan fingerprint density at radius 1 is 1.08 bits per heavy atom. The van der Waals surface area contributed by atoms with Crippen LogP contribution in [0.4, 0.5) is 13.2 Å². The zero-order valence-electron chi connectivity index (χ0n) is 35.3. The number of carbonyl (C=O) groups excluding carboxylic acids is 4. The van der Waals surface area contributed by atoms with Crippen LogP contribution in [0.15, 0.2) is 35.7 Å². The number of ketones is 1. The summed E-state index contributed by atoms with van der Waals surface area (Å²) >= 11 is 0.846. The number of allylic oxidation sites excluding steroid dienone is 2. The first kappa shape index (κ1) is 44.7. The Kier molecular flexibility index (Phi) is 12.0. The number of alkyl halides is 3. The van der Waals surface area contributed by atoms with Gasteiger partial charge < -0.3 is 14.4 Å². The molecule has 2 saturated carbocycles. The van der Waals surface area contributed by atoms with Crippen LogP contribution >= 0.6 is 11.3 Å². The van der Waals surface area contributed by atoms with E-state index in [1.807, 2.05) is 26.0 Å². The lowest BCUT2D eigenvalue weighted by atomic mass is 9.90. The molecule has 2 aliphatic carbocycles. The SMILES string of the molecule is CC(C)n1c(O[C@@H]2C[C@H]3C(=O)C[C@]4(C(=O)NS(=O)(=O)C5(C)CC5)C[C@H]4/C=C\CCCCC[C@H](CC(=O)OC(C)(C)C)C(=O)N3C2)nc2c(-c3nc(C(F)(F)F)cs3)cccc21. The Morgan fingerprint density at radius 3 is 2.48 bits per heavy atom. The molecule has 18 heteroatoms. The van der Waals surface area contributed by atoms with E-state index in [1.54, 1.807) is 50.5 Å². The number of nitrogens with one attached hydrogen (secondary N) is 1. The molecule has 0 radical (unpaired) electrons. The van der Waals surface area contributed by atoms with Crippen molar-refractivity contribution in [1.82, 2.24) is 24.2 Å². The van der Waals surface area contributed by atoms with Gasteiger partial charge in [0.15, 0.2) is 11.5 Å². The van der Waals surface area contributed by atoms with Crippen LogP contribution in [0, 0.1) is 17.3 Å². The smallest absolute Gasteiger partial charge is 0.434 e. The molecule has 4 heterocycles. The van der Waals surface area contributed by atoms with Gasteiger partial charge >= 0.3 is 12.1 Å². The van der Waals surface area contributed by atoms with Gasteiger partial charge in [0.1, 0.15) is 22.2 Å². The second-order valence-electron chi connectivity index (χ2n) is 18.6. The molecule has 2 aromatic heterocycles. The van der Waals surface area contributed by atoms with E-state index < -0.39 is 79.3 Å². The average molecular weight is 890 g/mol. The van der Waals surface area contributed by atoms with Gasteiger partial charge in [0.2, 0.25) is 21.8 Å². The standard InChI is InChI=1S/C43H54F3N5O8S2/c1-25(2)51-30-16-12-15-29(36-47-33(24-60-36)43(44,45)46)35(30)48-39(51)58-28-20-31-32(52)22-42(38(55)49-61(56,57)41(6)17-18-41)21-27(42)14-11-9-7-8-10-13-26(37(54)50(31)23-28)19-34(53)59-40(3,4)5/h11-12,14-16,24-28,31H,7-10,13,17-23H2,1-6H3,(H,49,55)/b14-11-/t26-,27-,28-,31+,42-/m1/s1. The minimum atomic E-state index is -4.62. The third-order valence-corrected chi connectivity index (χ3v) is 15.3. The van der Waals surface area contributed by atoms with Gasteiger partial charge in [-0.15, -0.1) is 11.3 Å². The topological polar surface area (TPSA) is 167 Å². The number of hydrogen-bond donors (Lipinski definition) is 1. The first-order valence-corrected chi connectivity index (χ1v) is 23.4. The quantitative estimate of drug-likeness (QED) is 0.165. The maximum Gasteiger partial charge on any atom is 0.434 e. The fourth-order valence-electron chi connectivity index (χ4n) is 8.53. The average Bonchev–Trinajstić information content (AvgIpc) is 3.81. The largest absolute Gasteiger partial charge is 0.460 e. The number of rotatable bonds is 9. The molecule has 0 unspecified atom stereocenters. The predicted molar refractivity (Wildman–Crippen MR) is 222 cm³/mol. The molecule has 13 nitrogen and oxygen atoms in total. The number of thiazole rings is 1. The molecular formula is C43H54F3N5O8S2. The van der Waals surface area contributed by atoms with Crippen molar-refractivity contribution in [3.8, 4) is 16.6 Å². The summed E-state index contributed by atoms with van der Waals surface area (Å²) in [5, 5.41) is 1.08. The fraction of sp³-hybridized carbons (Fsp3) is 0.628. The first-order chi connectivity index (χ1) is 28.5. The lowest BCUT2D eigenvalue weighted by molar-refractivity contribution is -0.159. The Hall–Kier alpha value is -4.32. The first-order valence-electron chi connectivity index (χ1n) is 21.0. The molecule has 3 fully saturated rings. The summed E-state index contributed by atoms with van der Waals surface area (Å²) in [4.78, 5) is 66.7. The number of ether oxygens (including phenoxy) is 2. The highest BCUT2D eigenvalue weighted by Gasteiger charge is 2.62. The summed E-state index contributed by atoms with van der Waals surface area (Å²) in [5.41, 5.74) is -1.81. The van der Waals surface area contributed by atoms with Crippen molar-refractivity contribution in [3.05, 3.63) is 41.4 Å². The summed E-state index contributed by atoms with van der Waals surface area (Å²) in [5.74, 6) is -3.34. The normalized spacial score (nSPS) is 26.6. The summed E-state index contributed by atoms with van der Waals surface area (Å²) in [6.45, 7) is 10.5. The third-order valence-electron chi connectivity index (χ3n) is 12.3. The molecule has 0 spiro atoms. The van der Waals surface area contributed by atoms with Gasteiger partial charge in [0.25, 0.3) is 6.01 Å². The van der Waals surface area contributed by atoms with Gasteiger partial charge in [-0.2, -0.15) is 18.2 Å². The Labute approximate surface area is 357 Å². The molecule has 5 atom stereocenters. The van der Waals surface area contributed by atoms with Crippen LogP contribution in [0.1, 0.15) is 124 Å². The Morgan fingerprint density at radius 2 is 1.82 bits per heavy atom. The molecule has 7 rings (SSSR count). The molecule has 2 aliphatic heterocycles. The molecular weight excluding hydrogens is 836 g/mol. The van der Waals surface area contributed by atoms with E-state index in [9.17, 15) is 40.8 Å². The number of imidazole rings is 1. The van der Waals surface area contributed by atoms with Crippen molar-refractivity contribution < 1.29 is 50.2 Å². The van der Waals surface area contributed by atoms with Crippen molar-refractivity contribution in [1.29, 1.82) is 0 Å². The number of Topliss-reactive ketones (excluding diaryl/α,β-unsaturated/α-hetero) is 1. The monoisotopic (exact) mass is 889 g/mol. The number of benzene rings is 1. The summed E-state index contributed by atoms with van der Waals surface area (Å²) in [6.07, 6.45) is 2.27. The second-order valence-corrected chi connectivity index (χ2v) is 21.7. The van der Waals surface area contributed by atoms with Gasteiger partial charge in [-0.05, 0) is 98.1 Å². The Bertz CT molecular complexity index is 2350. The fourth-order valence-corrected chi connectivity index (χ4v) is 10.7. The number of sulfonamides is 1. The number of halogens is 3. The van der Waals surface area contributed by atoms with Crippen LogP contribution in [0.2, 0.25) is 0 Å². The van der Waals surface area contributed by atoms with E-state index in [2.05, 4.69) is 9.71 Å².